The van der Waals surface area contributed by atoms with Gasteiger partial charge in [0.05, 0.1) is 0 Å². The number of hydrogen-bond donors (Lipinski definition) is 1. The van der Waals surface area contributed by atoms with Gasteiger partial charge in [-0.2, -0.15) is 0 Å². The van der Waals surface area contributed by atoms with Gasteiger partial charge in [0.15, 0.2) is 5.82 Å². The summed E-state index contributed by atoms with van der Waals surface area (Å²) in [6.07, 6.45) is 0.916. The molecule has 0 amide bonds. The summed E-state index contributed by atoms with van der Waals surface area (Å²) < 4.78 is 10.2. The van der Waals surface area contributed by atoms with Crippen molar-refractivity contribution in [1.29, 1.82) is 0 Å². The fourth-order valence-electron chi connectivity index (χ4n) is 1.25. The van der Waals surface area contributed by atoms with E-state index in [2.05, 4.69) is 15.3 Å². The molecule has 0 fully saturated rings. The Balaban J connectivity index is 2.50. The van der Waals surface area contributed by atoms with E-state index >= 15 is 0 Å². The second-order valence-corrected chi connectivity index (χ2v) is 3.79. The minimum atomic E-state index is 0.379. The molecular formula is C11H18ClN3O2. The molecule has 0 radical (unpaired) electrons. The van der Waals surface area contributed by atoms with Gasteiger partial charge in [-0.1, -0.05) is 11.6 Å². The van der Waals surface area contributed by atoms with Crippen LogP contribution in [0.3, 0.4) is 0 Å². The lowest BCUT2D eigenvalue weighted by molar-refractivity contribution is 0.128. The van der Waals surface area contributed by atoms with Crippen LogP contribution >= 0.6 is 11.6 Å². The SMILES string of the molecule is CCOCc1nc(Cl)cc(NCCCOC)n1. The lowest BCUT2D eigenvalue weighted by Crippen LogP contribution is -2.08. The van der Waals surface area contributed by atoms with Crippen molar-refractivity contribution in [3.05, 3.63) is 17.0 Å². The summed E-state index contributed by atoms with van der Waals surface area (Å²) in [5.74, 6) is 1.31. The van der Waals surface area contributed by atoms with Gasteiger partial charge in [0.2, 0.25) is 0 Å². The molecule has 0 unspecified atom stereocenters. The van der Waals surface area contributed by atoms with Gasteiger partial charge in [-0.3, -0.25) is 0 Å². The molecule has 1 heterocycles. The fourth-order valence-corrected chi connectivity index (χ4v) is 1.45. The van der Waals surface area contributed by atoms with Crippen molar-refractivity contribution in [2.24, 2.45) is 0 Å². The van der Waals surface area contributed by atoms with Crippen molar-refractivity contribution in [1.82, 2.24) is 9.97 Å². The molecule has 0 aliphatic rings. The zero-order valence-corrected chi connectivity index (χ0v) is 11.0. The smallest absolute Gasteiger partial charge is 0.158 e. The van der Waals surface area contributed by atoms with Crippen molar-refractivity contribution < 1.29 is 9.47 Å². The van der Waals surface area contributed by atoms with E-state index in [0.717, 1.165) is 25.4 Å². The second kappa shape index (κ2) is 8.22. The summed E-state index contributed by atoms with van der Waals surface area (Å²) in [6.45, 7) is 4.44. The minimum Gasteiger partial charge on any atom is -0.385 e. The minimum absolute atomic E-state index is 0.379. The van der Waals surface area contributed by atoms with Gasteiger partial charge >= 0.3 is 0 Å². The standard InChI is InChI=1S/C11H18ClN3O2/c1-3-17-8-11-14-9(12)7-10(15-11)13-5-4-6-16-2/h7H,3-6,8H2,1-2H3,(H,13,14,15). The van der Waals surface area contributed by atoms with Gasteiger partial charge in [-0.25, -0.2) is 9.97 Å². The quantitative estimate of drug-likeness (QED) is 0.572. The third-order valence-corrected chi connectivity index (χ3v) is 2.20. The van der Waals surface area contributed by atoms with Gasteiger partial charge < -0.3 is 14.8 Å². The molecule has 0 atom stereocenters. The van der Waals surface area contributed by atoms with Crippen molar-refractivity contribution in [3.8, 4) is 0 Å². The van der Waals surface area contributed by atoms with E-state index in [9.17, 15) is 0 Å². The largest absolute Gasteiger partial charge is 0.385 e. The first-order valence-electron chi connectivity index (χ1n) is 5.60. The third-order valence-electron chi connectivity index (χ3n) is 2.01. The third kappa shape index (κ3) is 5.81. The lowest BCUT2D eigenvalue weighted by Gasteiger charge is -2.07. The zero-order valence-electron chi connectivity index (χ0n) is 10.2. The van der Waals surface area contributed by atoms with Gasteiger partial charge in [-0.05, 0) is 13.3 Å². The molecule has 0 spiro atoms. The highest BCUT2D eigenvalue weighted by Gasteiger charge is 2.02. The van der Waals surface area contributed by atoms with E-state index in [1.165, 1.54) is 0 Å². The van der Waals surface area contributed by atoms with Crippen LogP contribution in [-0.4, -0.2) is 36.8 Å². The Morgan fingerprint density at radius 3 is 2.94 bits per heavy atom. The maximum absolute atomic E-state index is 5.90. The van der Waals surface area contributed by atoms with Crippen LogP contribution in [0.15, 0.2) is 6.07 Å². The molecule has 0 saturated heterocycles. The summed E-state index contributed by atoms with van der Waals surface area (Å²) in [4.78, 5) is 8.38. The van der Waals surface area contributed by atoms with Crippen LogP contribution in [-0.2, 0) is 16.1 Å². The Morgan fingerprint density at radius 2 is 2.24 bits per heavy atom. The Kier molecular flexibility index (Phi) is 6.84. The fraction of sp³-hybridized carbons (Fsp3) is 0.636. The summed E-state index contributed by atoms with van der Waals surface area (Å²) in [5, 5.41) is 3.59. The predicted octanol–water partition coefficient (Wildman–Crippen LogP) is 2.11. The van der Waals surface area contributed by atoms with Crippen molar-refractivity contribution >= 4 is 17.4 Å². The summed E-state index contributed by atoms with van der Waals surface area (Å²) >= 11 is 5.90. The van der Waals surface area contributed by atoms with E-state index in [1.54, 1.807) is 13.2 Å². The van der Waals surface area contributed by atoms with E-state index in [4.69, 9.17) is 21.1 Å². The Bertz CT molecular complexity index is 336. The molecule has 1 aromatic rings. The van der Waals surface area contributed by atoms with E-state index < -0.39 is 0 Å². The molecule has 0 aliphatic carbocycles. The van der Waals surface area contributed by atoms with Crippen LogP contribution in [0.4, 0.5) is 5.82 Å². The van der Waals surface area contributed by atoms with Crippen LogP contribution in [0, 0.1) is 0 Å². The van der Waals surface area contributed by atoms with Crippen LogP contribution in [0.2, 0.25) is 5.15 Å². The lowest BCUT2D eigenvalue weighted by atomic mass is 10.4. The van der Waals surface area contributed by atoms with Crippen LogP contribution in [0.25, 0.3) is 0 Å². The average Bonchev–Trinajstić information content (AvgIpc) is 2.31. The van der Waals surface area contributed by atoms with Gasteiger partial charge in [0.1, 0.15) is 17.6 Å². The van der Waals surface area contributed by atoms with E-state index in [-0.39, 0.29) is 0 Å². The topological polar surface area (TPSA) is 56.3 Å². The molecule has 0 bridgehead atoms. The molecule has 0 saturated carbocycles. The highest BCUT2D eigenvalue weighted by molar-refractivity contribution is 6.29. The molecule has 96 valence electrons. The molecule has 5 nitrogen and oxygen atoms in total. The van der Waals surface area contributed by atoms with Crippen LogP contribution in [0.5, 0.6) is 0 Å². The molecular weight excluding hydrogens is 242 g/mol. The number of anilines is 1. The Morgan fingerprint density at radius 1 is 1.41 bits per heavy atom. The molecule has 6 heteroatoms. The Hall–Kier alpha value is -0.910. The van der Waals surface area contributed by atoms with Crippen molar-refractivity contribution in [3.63, 3.8) is 0 Å². The first-order chi connectivity index (χ1) is 8.26. The number of aromatic nitrogens is 2. The van der Waals surface area contributed by atoms with E-state index in [1.807, 2.05) is 6.92 Å². The predicted molar refractivity (Wildman–Crippen MR) is 67.4 cm³/mol. The molecule has 0 aromatic carbocycles. The number of ether oxygens (including phenoxy) is 2. The van der Waals surface area contributed by atoms with Gasteiger partial charge in [0, 0.05) is 32.9 Å². The number of methoxy groups -OCH3 is 1. The zero-order chi connectivity index (χ0) is 12.5. The first kappa shape index (κ1) is 14.2. The first-order valence-corrected chi connectivity index (χ1v) is 5.98. The highest BCUT2D eigenvalue weighted by Crippen LogP contribution is 2.12. The molecule has 1 rings (SSSR count). The molecule has 1 N–H and O–H groups in total. The van der Waals surface area contributed by atoms with Gasteiger partial charge in [-0.15, -0.1) is 0 Å². The van der Waals surface area contributed by atoms with Crippen molar-refractivity contribution in [2.75, 3.05) is 32.2 Å². The average molecular weight is 260 g/mol. The number of nitrogens with zero attached hydrogens (tertiary/aromatic N) is 2. The molecule has 0 aliphatic heterocycles. The summed E-state index contributed by atoms with van der Waals surface area (Å²) in [5.41, 5.74) is 0. The summed E-state index contributed by atoms with van der Waals surface area (Å²) in [7, 11) is 1.68. The maximum Gasteiger partial charge on any atom is 0.158 e. The number of halogens is 1. The number of rotatable bonds is 8. The second-order valence-electron chi connectivity index (χ2n) is 3.40. The number of nitrogens with one attached hydrogen (secondary N) is 1. The maximum atomic E-state index is 5.90. The van der Waals surface area contributed by atoms with Crippen LogP contribution in [0.1, 0.15) is 19.2 Å². The van der Waals surface area contributed by atoms with E-state index in [0.29, 0.717) is 24.2 Å². The van der Waals surface area contributed by atoms with Gasteiger partial charge in [0.25, 0.3) is 0 Å². The number of hydrogen-bond acceptors (Lipinski definition) is 5. The van der Waals surface area contributed by atoms with Crippen molar-refractivity contribution in [2.45, 2.75) is 20.0 Å². The molecule has 17 heavy (non-hydrogen) atoms. The normalized spacial score (nSPS) is 10.5. The van der Waals surface area contributed by atoms with Crippen LogP contribution < -0.4 is 5.32 Å². The Labute approximate surface area is 107 Å². The highest BCUT2D eigenvalue weighted by atomic mass is 35.5. The monoisotopic (exact) mass is 259 g/mol. The summed E-state index contributed by atoms with van der Waals surface area (Å²) in [6, 6.07) is 1.70. The molecule has 1 aromatic heterocycles.